The SMILES string of the molecule is CCCNc1ncnc(NCCc2ccco2)c1C. The minimum absolute atomic E-state index is 0.790. The van der Waals surface area contributed by atoms with E-state index in [4.69, 9.17) is 4.42 Å². The first-order chi connectivity index (χ1) is 9.31. The van der Waals surface area contributed by atoms with Gasteiger partial charge in [0.1, 0.15) is 23.7 Å². The molecule has 2 heterocycles. The van der Waals surface area contributed by atoms with Crippen molar-refractivity contribution in [2.24, 2.45) is 0 Å². The highest BCUT2D eigenvalue weighted by Gasteiger charge is 2.06. The molecule has 0 amide bonds. The topological polar surface area (TPSA) is 63.0 Å². The second-order valence-electron chi connectivity index (χ2n) is 4.38. The maximum Gasteiger partial charge on any atom is 0.134 e. The first-order valence-electron chi connectivity index (χ1n) is 6.63. The Hall–Kier alpha value is -2.04. The lowest BCUT2D eigenvalue weighted by Gasteiger charge is -2.11. The molecule has 19 heavy (non-hydrogen) atoms. The van der Waals surface area contributed by atoms with E-state index in [-0.39, 0.29) is 0 Å². The van der Waals surface area contributed by atoms with E-state index in [2.05, 4.69) is 27.5 Å². The van der Waals surface area contributed by atoms with Crippen molar-refractivity contribution >= 4 is 11.6 Å². The third-order valence-corrected chi connectivity index (χ3v) is 2.87. The van der Waals surface area contributed by atoms with Crippen LogP contribution in [0, 0.1) is 6.92 Å². The molecule has 0 aliphatic heterocycles. The average molecular weight is 260 g/mol. The number of hydrogen-bond acceptors (Lipinski definition) is 5. The monoisotopic (exact) mass is 260 g/mol. The molecule has 2 aromatic rings. The molecule has 0 fully saturated rings. The van der Waals surface area contributed by atoms with Crippen LogP contribution in [-0.2, 0) is 6.42 Å². The Kier molecular flexibility index (Phi) is 4.78. The fourth-order valence-corrected chi connectivity index (χ4v) is 1.81. The van der Waals surface area contributed by atoms with Crippen LogP contribution in [0.2, 0.25) is 0 Å². The van der Waals surface area contributed by atoms with Gasteiger partial charge in [0.2, 0.25) is 0 Å². The van der Waals surface area contributed by atoms with Crippen LogP contribution in [-0.4, -0.2) is 23.1 Å². The van der Waals surface area contributed by atoms with Gasteiger partial charge in [-0.25, -0.2) is 9.97 Å². The maximum atomic E-state index is 5.29. The van der Waals surface area contributed by atoms with Crippen molar-refractivity contribution in [2.75, 3.05) is 23.7 Å². The van der Waals surface area contributed by atoms with Crippen molar-refractivity contribution < 1.29 is 4.42 Å². The quantitative estimate of drug-likeness (QED) is 0.801. The Bertz CT molecular complexity index is 496. The van der Waals surface area contributed by atoms with Crippen molar-refractivity contribution in [1.82, 2.24) is 9.97 Å². The maximum absolute atomic E-state index is 5.29. The van der Waals surface area contributed by atoms with Crippen LogP contribution in [0.4, 0.5) is 11.6 Å². The largest absolute Gasteiger partial charge is 0.469 e. The predicted octanol–water partition coefficient (Wildman–Crippen LogP) is 2.85. The van der Waals surface area contributed by atoms with Gasteiger partial charge in [0, 0.05) is 25.1 Å². The van der Waals surface area contributed by atoms with E-state index in [1.54, 1.807) is 12.6 Å². The van der Waals surface area contributed by atoms with Crippen molar-refractivity contribution in [1.29, 1.82) is 0 Å². The molecular formula is C14H20N4O. The molecule has 0 atom stereocenters. The zero-order valence-corrected chi connectivity index (χ0v) is 11.4. The third-order valence-electron chi connectivity index (χ3n) is 2.87. The summed E-state index contributed by atoms with van der Waals surface area (Å²) < 4.78 is 5.29. The zero-order chi connectivity index (χ0) is 13.5. The standard InChI is InChI=1S/C14H20N4O/c1-3-7-15-13-11(2)14(18-10-17-13)16-8-6-12-5-4-9-19-12/h4-5,9-10H,3,6-8H2,1-2H3,(H2,15,16,17,18). The molecule has 2 aromatic heterocycles. The van der Waals surface area contributed by atoms with E-state index in [1.807, 2.05) is 19.1 Å². The summed E-state index contributed by atoms with van der Waals surface area (Å²) in [7, 11) is 0. The zero-order valence-electron chi connectivity index (χ0n) is 11.4. The summed E-state index contributed by atoms with van der Waals surface area (Å²) in [5, 5.41) is 6.61. The lowest BCUT2D eigenvalue weighted by molar-refractivity contribution is 0.513. The number of hydrogen-bond donors (Lipinski definition) is 2. The summed E-state index contributed by atoms with van der Waals surface area (Å²) in [4.78, 5) is 8.53. The molecule has 0 radical (unpaired) electrons. The number of rotatable bonds is 7. The molecular weight excluding hydrogens is 240 g/mol. The minimum atomic E-state index is 0.790. The van der Waals surface area contributed by atoms with Gasteiger partial charge in [-0.1, -0.05) is 6.92 Å². The second-order valence-corrected chi connectivity index (χ2v) is 4.38. The minimum Gasteiger partial charge on any atom is -0.469 e. The predicted molar refractivity (Wildman–Crippen MR) is 76.5 cm³/mol. The molecule has 0 bridgehead atoms. The first kappa shape index (κ1) is 13.4. The fourth-order valence-electron chi connectivity index (χ4n) is 1.81. The van der Waals surface area contributed by atoms with Gasteiger partial charge < -0.3 is 15.1 Å². The van der Waals surface area contributed by atoms with E-state index in [0.29, 0.717) is 0 Å². The number of furan rings is 1. The van der Waals surface area contributed by atoms with Gasteiger partial charge in [0.05, 0.1) is 6.26 Å². The van der Waals surface area contributed by atoms with Gasteiger partial charge in [0.15, 0.2) is 0 Å². The van der Waals surface area contributed by atoms with E-state index in [1.165, 1.54) is 0 Å². The van der Waals surface area contributed by atoms with Crippen LogP contribution in [0.5, 0.6) is 0 Å². The van der Waals surface area contributed by atoms with Gasteiger partial charge in [-0.15, -0.1) is 0 Å². The van der Waals surface area contributed by atoms with E-state index < -0.39 is 0 Å². The third kappa shape index (κ3) is 3.71. The van der Waals surface area contributed by atoms with Crippen LogP contribution in [0.25, 0.3) is 0 Å². The highest BCUT2D eigenvalue weighted by molar-refractivity contribution is 5.56. The van der Waals surface area contributed by atoms with E-state index >= 15 is 0 Å². The highest BCUT2D eigenvalue weighted by atomic mass is 16.3. The van der Waals surface area contributed by atoms with E-state index in [0.717, 1.165) is 48.9 Å². The number of aromatic nitrogens is 2. The molecule has 102 valence electrons. The summed E-state index contributed by atoms with van der Waals surface area (Å²) >= 11 is 0. The van der Waals surface area contributed by atoms with Crippen LogP contribution in [0.15, 0.2) is 29.1 Å². The Balaban J connectivity index is 1.92. The molecule has 0 unspecified atom stereocenters. The van der Waals surface area contributed by atoms with Crippen LogP contribution in [0.1, 0.15) is 24.7 Å². The van der Waals surface area contributed by atoms with E-state index in [9.17, 15) is 0 Å². The molecule has 0 saturated heterocycles. The van der Waals surface area contributed by atoms with Crippen molar-refractivity contribution in [3.8, 4) is 0 Å². The van der Waals surface area contributed by atoms with Gasteiger partial charge in [0.25, 0.3) is 0 Å². The van der Waals surface area contributed by atoms with Crippen LogP contribution < -0.4 is 10.6 Å². The number of nitrogens with zero attached hydrogens (tertiary/aromatic N) is 2. The molecule has 5 heteroatoms. The lowest BCUT2D eigenvalue weighted by Crippen LogP contribution is -2.10. The summed E-state index contributed by atoms with van der Waals surface area (Å²) in [5.41, 5.74) is 1.05. The van der Waals surface area contributed by atoms with Crippen molar-refractivity contribution in [3.05, 3.63) is 36.0 Å². The highest BCUT2D eigenvalue weighted by Crippen LogP contribution is 2.18. The Labute approximate surface area is 113 Å². The lowest BCUT2D eigenvalue weighted by atomic mass is 10.3. The molecule has 2 N–H and O–H groups in total. The first-order valence-corrected chi connectivity index (χ1v) is 6.63. The summed E-state index contributed by atoms with van der Waals surface area (Å²) in [5.74, 6) is 2.75. The number of anilines is 2. The molecule has 0 aliphatic carbocycles. The number of nitrogens with one attached hydrogen (secondary N) is 2. The summed E-state index contributed by atoms with van der Waals surface area (Å²) in [6.07, 6.45) is 5.19. The fraction of sp³-hybridized carbons (Fsp3) is 0.429. The molecule has 0 spiro atoms. The van der Waals surface area contributed by atoms with Crippen LogP contribution >= 0.6 is 0 Å². The summed E-state index contributed by atoms with van der Waals surface area (Å²) in [6.45, 7) is 5.86. The molecule has 0 saturated carbocycles. The Morgan fingerprint density at radius 1 is 1.16 bits per heavy atom. The van der Waals surface area contributed by atoms with Crippen molar-refractivity contribution in [3.63, 3.8) is 0 Å². The molecule has 2 rings (SSSR count). The molecule has 0 aliphatic rings. The van der Waals surface area contributed by atoms with Crippen LogP contribution in [0.3, 0.4) is 0 Å². The summed E-state index contributed by atoms with van der Waals surface area (Å²) in [6, 6.07) is 3.88. The van der Waals surface area contributed by atoms with Gasteiger partial charge in [-0.05, 0) is 25.5 Å². The second kappa shape index (κ2) is 6.78. The van der Waals surface area contributed by atoms with Gasteiger partial charge in [-0.2, -0.15) is 0 Å². The normalized spacial score (nSPS) is 10.4. The van der Waals surface area contributed by atoms with Gasteiger partial charge in [-0.3, -0.25) is 0 Å². The molecule has 0 aromatic carbocycles. The Morgan fingerprint density at radius 3 is 2.53 bits per heavy atom. The van der Waals surface area contributed by atoms with Crippen molar-refractivity contribution in [2.45, 2.75) is 26.7 Å². The Morgan fingerprint density at radius 2 is 1.89 bits per heavy atom. The molecule has 5 nitrogen and oxygen atoms in total. The smallest absolute Gasteiger partial charge is 0.134 e. The van der Waals surface area contributed by atoms with Gasteiger partial charge >= 0.3 is 0 Å². The average Bonchev–Trinajstić information content (AvgIpc) is 2.92.